The van der Waals surface area contributed by atoms with Crippen molar-refractivity contribution in [3.63, 3.8) is 0 Å². The van der Waals surface area contributed by atoms with E-state index in [0.29, 0.717) is 11.5 Å². The summed E-state index contributed by atoms with van der Waals surface area (Å²) in [5.74, 6) is -0.0343. The minimum Gasteiger partial charge on any atom is -0.457 e. The van der Waals surface area contributed by atoms with Crippen molar-refractivity contribution in [1.82, 2.24) is 15.0 Å². The minimum atomic E-state index is -3.79. The van der Waals surface area contributed by atoms with Gasteiger partial charge in [0, 0.05) is 31.3 Å². The summed E-state index contributed by atoms with van der Waals surface area (Å²) in [6, 6.07) is 13.4. The van der Waals surface area contributed by atoms with Crippen molar-refractivity contribution in [2.24, 2.45) is 5.41 Å². The molecule has 0 bridgehead atoms. The first-order valence-corrected chi connectivity index (χ1v) is 11.7. The lowest BCUT2D eigenvalue weighted by Crippen LogP contribution is -2.47. The molecule has 0 atom stereocenters. The number of aromatic nitrogens is 2. The van der Waals surface area contributed by atoms with Gasteiger partial charge in [-0.05, 0) is 61.4 Å². The number of amides is 1. The van der Waals surface area contributed by atoms with Gasteiger partial charge in [0.2, 0.25) is 0 Å². The summed E-state index contributed by atoms with van der Waals surface area (Å²) in [6.07, 6.45) is 5.66. The Kier molecular flexibility index (Phi) is 6.26. The van der Waals surface area contributed by atoms with Gasteiger partial charge >= 0.3 is 0 Å². The molecule has 1 aliphatic rings. The smallest absolute Gasteiger partial charge is 0.250 e. The van der Waals surface area contributed by atoms with Crippen LogP contribution < -0.4 is 10.2 Å². The number of hydrogen-bond donors (Lipinski definition) is 2. The fraction of sp³-hybridized carbons (Fsp3) is 0.273. The summed E-state index contributed by atoms with van der Waals surface area (Å²) in [5.41, 5.74) is 1.33. The SMILES string of the molecule is O=C(NO)C1(CS(=O)(=O)c2ccc(Oc3ccc(-n4ccnc4)cc3)cc2)CCOCC1. The first kappa shape index (κ1) is 22.0. The van der Waals surface area contributed by atoms with Gasteiger partial charge in [0.1, 0.15) is 11.5 Å². The number of sulfone groups is 1. The number of ether oxygens (including phenoxy) is 2. The lowest BCUT2D eigenvalue weighted by molar-refractivity contribution is -0.143. The first-order valence-electron chi connectivity index (χ1n) is 10.0. The molecular weight excluding hydrogens is 434 g/mol. The molecule has 1 amide bonds. The number of hydrogen-bond acceptors (Lipinski definition) is 7. The van der Waals surface area contributed by atoms with Gasteiger partial charge in [0.15, 0.2) is 9.84 Å². The number of imidazole rings is 1. The van der Waals surface area contributed by atoms with E-state index in [4.69, 9.17) is 14.7 Å². The maximum atomic E-state index is 13.0. The highest BCUT2D eigenvalue weighted by Gasteiger charge is 2.44. The molecule has 2 heterocycles. The van der Waals surface area contributed by atoms with E-state index in [1.54, 1.807) is 30.1 Å². The minimum absolute atomic E-state index is 0.0805. The van der Waals surface area contributed by atoms with Crippen molar-refractivity contribution in [1.29, 1.82) is 0 Å². The Balaban J connectivity index is 1.47. The molecule has 10 heteroatoms. The van der Waals surface area contributed by atoms with Crippen LogP contribution in [0.2, 0.25) is 0 Å². The molecule has 1 fully saturated rings. The monoisotopic (exact) mass is 457 g/mol. The van der Waals surface area contributed by atoms with Crippen LogP contribution in [-0.2, 0) is 19.4 Å². The summed E-state index contributed by atoms with van der Waals surface area (Å²) >= 11 is 0. The lowest BCUT2D eigenvalue weighted by Gasteiger charge is -2.34. The van der Waals surface area contributed by atoms with Crippen molar-refractivity contribution >= 4 is 15.7 Å². The highest BCUT2D eigenvalue weighted by Crippen LogP contribution is 2.35. The number of rotatable bonds is 7. The lowest BCUT2D eigenvalue weighted by atomic mass is 9.81. The molecule has 9 nitrogen and oxygen atoms in total. The second-order valence-electron chi connectivity index (χ2n) is 7.63. The zero-order chi connectivity index (χ0) is 22.6. The van der Waals surface area contributed by atoms with E-state index in [0.717, 1.165) is 5.69 Å². The van der Waals surface area contributed by atoms with E-state index in [2.05, 4.69) is 4.98 Å². The number of carbonyl (C=O) groups is 1. The van der Waals surface area contributed by atoms with Gasteiger partial charge in [-0.25, -0.2) is 18.9 Å². The number of benzene rings is 2. The second kappa shape index (κ2) is 9.11. The normalized spacial score (nSPS) is 15.8. The molecule has 3 aromatic rings. The van der Waals surface area contributed by atoms with Gasteiger partial charge in [-0.15, -0.1) is 0 Å². The maximum absolute atomic E-state index is 13.0. The molecule has 2 aromatic carbocycles. The van der Waals surface area contributed by atoms with Gasteiger partial charge in [-0.1, -0.05) is 0 Å². The second-order valence-corrected chi connectivity index (χ2v) is 9.62. The van der Waals surface area contributed by atoms with Crippen LogP contribution in [-0.4, -0.2) is 48.0 Å². The van der Waals surface area contributed by atoms with E-state index in [1.807, 2.05) is 35.0 Å². The Morgan fingerprint density at radius 2 is 1.72 bits per heavy atom. The van der Waals surface area contributed by atoms with Gasteiger partial charge in [-0.3, -0.25) is 10.0 Å². The fourth-order valence-electron chi connectivity index (χ4n) is 3.71. The van der Waals surface area contributed by atoms with Crippen LogP contribution in [0.25, 0.3) is 5.69 Å². The Labute approximate surface area is 185 Å². The summed E-state index contributed by atoms with van der Waals surface area (Å²) in [5, 5.41) is 9.11. The molecule has 2 N–H and O–H groups in total. The highest BCUT2D eigenvalue weighted by atomic mass is 32.2. The molecule has 4 rings (SSSR count). The van der Waals surface area contributed by atoms with E-state index in [-0.39, 0.29) is 31.0 Å². The van der Waals surface area contributed by atoms with Crippen LogP contribution in [0, 0.1) is 5.41 Å². The summed E-state index contributed by atoms with van der Waals surface area (Å²) in [4.78, 5) is 16.3. The first-order chi connectivity index (χ1) is 15.4. The molecule has 168 valence electrons. The molecule has 0 saturated carbocycles. The number of nitrogens with zero attached hydrogens (tertiary/aromatic N) is 2. The standard InChI is InChI=1S/C22H23N3O6S/c26-21(24-27)22(9-13-30-14-10-22)15-32(28,29)20-7-5-19(6-8-20)31-18-3-1-17(2-4-18)25-12-11-23-16-25/h1-8,11-12,16,27H,9-10,13-15H2,(H,24,26). The molecular formula is C22H23N3O6S. The van der Waals surface area contributed by atoms with Gasteiger partial charge in [0.05, 0.1) is 22.4 Å². The summed E-state index contributed by atoms with van der Waals surface area (Å²) in [7, 11) is -3.79. The Morgan fingerprint density at radius 1 is 1.09 bits per heavy atom. The van der Waals surface area contributed by atoms with Crippen molar-refractivity contribution in [3.8, 4) is 17.2 Å². The number of hydroxylamine groups is 1. The van der Waals surface area contributed by atoms with Crippen molar-refractivity contribution < 1.29 is 27.9 Å². The molecule has 1 aromatic heterocycles. The topological polar surface area (TPSA) is 120 Å². The van der Waals surface area contributed by atoms with Gasteiger partial charge < -0.3 is 14.0 Å². The van der Waals surface area contributed by atoms with Crippen LogP contribution in [0.15, 0.2) is 72.1 Å². The molecule has 0 spiro atoms. The Morgan fingerprint density at radius 3 is 2.28 bits per heavy atom. The summed E-state index contributed by atoms with van der Waals surface area (Å²) < 4.78 is 38.9. The van der Waals surface area contributed by atoms with Crippen LogP contribution >= 0.6 is 0 Å². The molecule has 1 saturated heterocycles. The van der Waals surface area contributed by atoms with E-state index in [1.165, 1.54) is 12.1 Å². The third-order valence-corrected chi connectivity index (χ3v) is 7.48. The van der Waals surface area contributed by atoms with Crippen molar-refractivity contribution in [2.45, 2.75) is 17.7 Å². The Bertz CT molecular complexity index is 1150. The predicted octanol–water partition coefficient (Wildman–Crippen LogP) is 2.74. The average molecular weight is 458 g/mol. The van der Waals surface area contributed by atoms with Crippen LogP contribution in [0.1, 0.15) is 12.8 Å². The van der Waals surface area contributed by atoms with Gasteiger partial charge in [0.25, 0.3) is 5.91 Å². The highest BCUT2D eigenvalue weighted by molar-refractivity contribution is 7.91. The Hall–Kier alpha value is -3.21. The molecule has 0 aliphatic carbocycles. The largest absolute Gasteiger partial charge is 0.457 e. The predicted molar refractivity (Wildman–Crippen MR) is 115 cm³/mol. The van der Waals surface area contributed by atoms with Crippen molar-refractivity contribution in [3.05, 3.63) is 67.3 Å². The third-order valence-electron chi connectivity index (χ3n) is 5.56. The molecule has 1 aliphatic heterocycles. The maximum Gasteiger partial charge on any atom is 0.250 e. The zero-order valence-corrected chi connectivity index (χ0v) is 18.0. The fourth-order valence-corrected chi connectivity index (χ4v) is 5.58. The average Bonchev–Trinajstić information content (AvgIpc) is 3.35. The molecule has 0 radical (unpaired) electrons. The molecule has 32 heavy (non-hydrogen) atoms. The number of nitrogens with one attached hydrogen (secondary N) is 1. The van der Waals surface area contributed by atoms with E-state index in [9.17, 15) is 13.2 Å². The summed E-state index contributed by atoms with van der Waals surface area (Å²) in [6.45, 7) is 0.519. The molecule has 0 unspecified atom stereocenters. The quantitative estimate of drug-likeness (QED) is 0.413. The van der Waals surface area contributed by atoms with Crippen LogP contribution in [0.4, 0.5) is 0 Å². The van der Waals surface area contributed by atoms with Gasteiger partial charge in [-0.2, -0.15) is 0 Å². The van der Waals surface area contributed by atoms with Crippen LogP contribution in [0.3, 0.4) is 0 Å². The third kappa shape index (κ3) is 4.67. The van der Waals surface area contributed by atoms with Crippen molar-refractivity contribution in [2.75, 3.05) is 19.0 Å². The number of carbonyl (C=O) groups excluding carboxylic acids is 1. The van der Waals surface area contributed by atoms with E-state index < -0.39 is 26.9 Å². The van der Waals surface area contributed by atoms with E-state index >= 15 is 0 Å². The van der Waals surface area contributed by atoms with Crippen LogP contribution in [0.5, 0.6) is 11.5 Å². The zero-order valence-electron chi connectivity index (χ0n) is 17.2.